The third-order valence-corrected chi connectivity index (χ3v) is 6.98. The topological polar surface area (TPSA) is 133 Å². The van der Waals surface area contributed by atoms with Gasteiger partial charge in [0.2, 0.25) is 5.76 Å². The lowest BCUT2D eigenvalue weighted by atomic mass is 9.98. The fourth-order valence-corrected chi connectivity index (χ4v) is 5.16. The number of Topliss-reactive ketones (excluding diaryl/α,β-unsaturated/α-hetero) is 1. The fraction of sp³-hybridized carbons (Fsp3) is 0.160. The van der Waals surface area contributed by atoms with Crippen molar-refractivity contribution >= 4 is 45.0 Å². The number of amides is 2. The number of hydrogen-bond donors (Lipinski definition) is 1. The van der Waals surface area contributed by atoms with E-state index >= 15 is 0 Å². The second-order valence-electron chi connectivity index (χ2n) is 8.18. The fourth-order valence-electron chi connectivity index (χ4n) is 4.17. The Hall–Kier alpha value is -4.38. The molecule has 1 unspecified atom stereocenters. The zero-order chi connectivity index (χ0) is 25.7. The third kappa shape index (κ3) is 3.83. The summed E-state index contributed by atoms with van der Waals surface area (Å²) in [6.45, 7) is 2.74. The smallest absolute Gasteiger partial charge is 0.297 e. The number of ether oxygens (including phenoxy) is 1. The van der Waals surface area contributed by atoms with Crippen LogP contribution in [-0.4, -0.2) is 29.2 Å². The van der Waals surface area contributed by atoms with Gasteiger partial charge < -0.3 is 14.9 Å². The number of halogens is 1. The van der Waals surface area contributed by atoms with Crippen molar-refractivity contribution in [2.24, 2.45) is 5.73 Å². The van der Waals surface area contributed by atoms with Crippen molar-refractivity contribution in [3.63, 3.8) is 0 Å². The summed E-state index contributed by atoms with van der Waals surface area (Å²) in [5.74, 6) is -1.91. The van der Waals surface area contributed by atoms with Gasteiger partial charge in [-0.1, -0.05) is 23.5 Å². The average Bonchev–Trinajstić information content (AvgIpc) is 3.36. The molecule has 9 nitrogen and oxygen atoms in total. The molecule has 1 aliphatic rings. The number of primary amides is 1. The number of ketones is 1. The summed E-state index contributed by atoms with van der Waals surface area (Å²) in [4.78, 5) is 56.3. The zero-order valence-corrected chi connectivity index (χ0v) is 19.8. The molecule has 2 aromatic carbocycles. The molecule has 0 spiro atoms. The molecule has 0 bridgehead atoms. The Kier molecular flexibility index (Phi) is 5.64. The number of hydrogen-bond acceptors (Lipinski definition) is 8. The van der Waals surface area contributed by atoms with Gasteiger partial charge in [0.25, 0.3) is 11.8 Å². The minimum atomic E-state index is -0.966. The van der Waals surface area contributed by atoms with Crippen LogP contribution in [0.2, 0.25) is 0 Å². The summed E-state index contributed by atoms with van der Waals surface area (Å²) in [6, 6.07) is 8.91. The van der Waals surface area contributed by atoms with Crippen LogP contribution in [0.25, 0.3) is 11.0 Å². The van der Waals surface area contributed by atoms with Crippen LogP contribution in [0.4, 0.5) is 9.52 Å². The van der Waals surface area contributed by atoms with E-state index in [1.165, 1.54) is 17.9 Å². The van der Waals surface area contributed by atoms with E-state index in [2.05, 4.69) is 4.98 Å². The molecule has 182 valence electrons. The average molecular weight is 507 g/mol. The molecule has 0 fully saturated rings. The molecule has 1 atom stereocenters. The van der Waals surface area contributed by atoms with Gasteiger partial charge in [-0.2, -0.15) is 0 Å². The number of benzene rings is 2. The molecule has 0 saturated carbocycles. The quantitative estimate of drug-likeness (QED) is 0.395. The highest BCUT2D eigenvalue weighted by molar-refractivity contribution is 7.17. The van der Waals surface area contributed by atoms with E-state index < -0.39 is 29.1 Å². The molecule has 2 aromatic heterocycles. The Morgan fingerprint density at radius 3 is 2.56 bits per heavy atom. The Bertz CT molecular complexity index is 1630. The zero-order valence-electron chi connectivity index (χ0n) is 19.0. The van der Waals surface area contributed by atoms with E-state index in [4.69, 9.17) is 14.9 Å². The van der Waals surface area contributed by atoms with Crippen molar-refractivity contribution in [2.75, 3.05) is 11.5 Å². The van der Waals surface area contributed by atoms with Crippen molar-refractivity contribution < 1.29 is 27.9 Å². The minimum Gasteiger partial charge on any atom is -0.484 e. The maximum absolute atomic E-state index is 14.0. The number of nitrogens with zero attached hydrogens (tertiary/aromatic N) is 2. The second kappa shape index (κ2) is 8.68. The standard InChI is InChI=1S/C25H18FN3O6S/c1-11-23(12(2)30)36-25(28-11)29-20(13-3-6-15(7-4-13)34-10-18(27)31)19-21(32)16-9-14(26)5-8-17(16)35-22(19)24(29)33/h3-9,20H,10H2,1-2H3,(H2,27,31). The molecule has 0 saturated heterocycles. The number of thiazole rings is 1. The molecule has 2 N–H and O–H groups in total. The normalized spacial score (nSPS) is 14.8. The Morgan fingerprint density at radius 2 is 1.92 bits per heavy atom. The molecule has 0 aliphatic carbocycles. The first-order valence-electron chi connectivity index (χ1n) is 10.7. The molecule has 2 amide bonds. The van der Waals surface area contributed by atoms with Crippen LogP contribution < -0.4 is 20.8 Å². The van der Waals surface area contributed by atoms with Crippen LogP contribution in [0.3, 0.4) is 0 Å². The molecule has 36 heavy (non-hydrogen) atoms. The van der Waals surface area contributed by atoms with E-state index in [0.29, 0.717) is 21.9 Å². The second-order valence-corrected chi connectivity index (χ2v) is 9.16. The summed E-state index contributed by atoms with van der Waals surface area (Å²) in [7, 11) is 0. The molecule has 5 rings (SSSR count). The van der Waals surface area contributed by atoms with Gasteiger partial charge >= 0.3 is 0 Å². The van der Waals surface area contributed by atoms with Crippen molar-refractivity contribution in [3.05, 3.63) is 86.0 Å². The predicted octanol–water partition coefficient (Wildman–Crippen LogP) is 3.51. The van der Waals surface area contributed by atoms with Gasteiger partial charge in [-0.25, -0.2) is 9.37 Å². The van der Waals surface area contributed by atoms with Gasteiger partial charge in [0.15, 0.2) is 23.0 Å². The SMILES string of the molecule is CC(=O)c1sc(N2C(=O)c3oc4ccc(F)cc4c(=O)c3C2c2ccc(OCC(N)=O)cc2)nc1C. The Balaban J connectivity index is 1.71. The lowest BCUT2D eigenvalue weighted by Gasteiger charge is -2.22. The molecular weight excluding hydrogens is 489 g/mol. The van der Waals surface area contributed by atoms with E-state index in [-0.39, 0.29) is 39.8 Å². The number of fused-ring (bicyclic) bond motifs is 2. The highest BCUT2D eigenvalue weighted by Gasteiger charge is 2.45. The van der Waals surface area contributed by atoms with E-state index in [1.807, 2.05) is 0 Å². The molecule has 1 aliphatic heterocycles. The predicted molar refractivity (Wildman–Crippen MR) is 129 cm³/mol. The van der Waals surface area contributed by atoms with Crippen LogP contribution in [0, 0.1) is 12.7 Å². The van der Waals surface area contributed by atoms with E-state index in [0.717, 1.165) is 23.5 Å². The molecule has 3 heterocycles. The first-order valence-corrected chi connectivity index (χ1v) is 11.6. The monoisotopic (exact) mass is 507 g/mol. The lowest BCUT2D eigenvalue weighted by Crippen LogP contribution is -2.29. The number of carbonyl (C=O) groups is 3. The molecular formula is C25H18FN3O6S. The number of nitrogens with two attached hydrogens (primary N) is 1. The highest BCUT2D eigenvalue weighted by atomic mass is 32.1. The molecule has 0 radical (unpaired) electrons. The number of anilines is 1. The summed E-state index contributed by atoms with van der Waals surface area (Å²) in [5, 5.41) is 0.206. The summed E-state index contributed by atoms with van der Waals surface area (Å²) < 4.78 is 25.1. The number of aryl methyl sites for hydroxylation is 1. The first-order chi connectivity index (χ1) is 17.2. The van der Waals surface area contributed by atoms with Gasteiger partial charge in [0.05, 0.1) is 27.6 Å². The third-order valence-electron chi connectivity index (χ3n) is 5.72. The van der Waals surface area contributed by atoms with Crippen molar-refractivity contribution in [3.8, 4) is 5.75 Å². The first kappa shape index (κ1) is 23.4. The Labute approximate surface area is 206 Å². The van der Waals surface area contributed by atoms with E-state index in [1.54, 1.807) is 31.2 Å². The van der Waals surface area contributed by atoms with Crippen LogP contribution in [-0.2, 0) is 4.79 Å². The number of carbonyl (C=O) groups excluding carboxylic acids is 3. The summed E-state index contributed by atoms with van der Waals surface area (Å²) >= 11 is 1.03. The van der Waals surface area contributed by atoms with Gasteiger partial charge in [0.1, 0.15) is 17.1 Å². The summed E-state index contributed by atoms with van der Waals surface area (Å²) in [5.41, 5.74) is 5.63. The van der Waals surface area contributed by atoms with Crippen LogP contribution in [0.15, 0.2) is 51.7 Å². The van der Waals surface area contributed by atoms with Gasteiger partial charge in [-0.3, -0.25) is 24.1 Å². The van der Waals surface area contributed by atoms with Crippen LogP contribution in [0.5, 0.6) is 5.75 Å². The molecule has 4 aromatic rings. The lowest BCUT2D eigenvalue weighted by molar-refractivity contribution is -0.119. The van der Waals surface area contributed by atoms with Gasteiger partial charge in [0, 0.05) is 6.92 Å². The van der Waals surface area contributed by atoms with Crippen molar-refractivity contribution in [1.29, 1.82) is 0 Å². The maximum Gasteiger partial charge on any atom is 0.297 e. The summed E-state index contributed by atoms with van der Waals surface area (Å²) in [6.07, 6.45) is 0. The molecule has 11 heteroatoms. The number of rotatable bonds is 6. The van der Waals surface area contributed by atoms with Crippen molar-refractivity contribution in [2.45, 2.75) is 19.9 Å². The van der Waals surface area contributed by atoms with E-state index in [9.17, 15) is 23.6 Å². The Morgan fingerprint density at radius 1 is 1.19 bits per heavy atom. The van der Waals surface area contributed by atoms with Gasteiger partial charge in [-0.15, -0.1) is 0 Å². The maximum atomic E-state index is 14.0. The van der Waals surface area contributed by atoms with Crippen LogP contribution in [0.1, 0.15) is 50.0 Å². The minimum absolute atomic E-state index is 0.00504. The van der Waals surface area contributed by atoms with Crippen LogP contribution >= 0.6 is 11.3 Å². The number of aromatic nitrogens is 1. The highest BCUT2D eigenvalue weighted by Crippen LogP contribution is 2.43. The van der Waals surface area contributed by atoms with Crippen molar-refractivity contribution in [1.82, 2.24) is 4.98 Å². The largest absolute Gasteiger partial charge is 0.484 e. The van der Waals surface area contributed by atoms with Gasteiger partial charge in [-0.05, 0) is 42.8 Å².